The Morgan fingerprint density at radius 2 is 1.83 bits per heavy atom. The molecule has 0 aliphatic heterocycles. The minimum absolute atomic E-state index is 0.768. The maximum absolute atomic E-state index is 4.06. The lowest BCUT2D eigenvalue weighted by molar-refractivity contribution is 0.280. The molecule has 1 saturated carbocycles. The molecular weight excluding hydrogens is 218 g/mol. The van der Waals surface area contributed by atoms with E-state index < -0.39 is 0 Å². The lowest BCUT2D eigenvalue weighted by Gasteiger charge is -2.26. The van der Waals surface area contributed by atoms with Crippen LogP contribution in [0.15, 0.2) is 12.2 Å². The van der Waals surface area contributed by atoms with Gasteiger partial charge in [0.05, 0.1) is 0 Å². The first kappa shape index (κ1) is 15.8. The Hall–Kier alpha value is -0.300. The van der Waals surface area contributed by atoms with E-state index in [9.17, 15) is 0 Å². The van der Waals surface area contributed by atoms with Crippen LogP contribution in [0.25, 0.3) is 0 Å². The number of hydrogen-bond donors (Lipinski definition) is 1. The van der Waals surface area contributed by atoms with Gasteiger partial charge in [-0.1, -0.05) is 45.1 Å². The molecule has 0 spiro atoms. The van der Waals surface area contributed by atoms with Gasteiger partial charge in [-0.25, -0.2) is 0 Å². The summed E-state index contributed by atoms with van der Waals surface area (Å²) < 4.78 is 0. The molecule has 1 fully saturated rings. The second-order valence-electron chi connectivity index (χ2n) is 6.71. The molecule has 0 aromatic heterocycles. The highest BCUT2D eigenvalue weighted by Crippen LogP contribution is 2.32. The van der Waals surface area contributed by atoms with Crippen LogP contribution < -0.4 is 5.32 Å². The Morgan fingerprint density at radius 3 is 2.44 bits per heavy atom. The van der Waals surface area contributed by atoms with E-state index in [-0.39, 0.29) is 0 Å². The third-order valence-corrected chi connectivity index (χ3v) is 4.22. The summed E-state index contributed by atoms with van der Waals surface area (Å²) >= 11 is 0. The maximum Gasteiger partial charge on any atom is -0.00178 e. The molecule has 0 aromatic rings. The van der Waals surface area contributed by atoms with E-state index in [2.05, 4.69) is 32.7 Å². The molecule has 0 heterocycles. The number of nitrogens with one attached hydrogen (secondary N) is 1. The molecule has 18 heavy (non-hydrogen) atoms. The van der Waals surface area contributed by atoms with Crippen molar-refractivity contribution in [2.24, 2.45) is 17.8 Å². The Morgan fingerprint density at radius 1 is 1.17 bits per heavy atom. The molecule has 1 nitrogen and oxygen atoms in total. The van der Waals surface area contributed by atoms with Gasteiger partial charge < -0.3 is 5.32 Å². The lowest BCUT2D eigenvalue weighted by atomic mass is 9.83. The summed E-state index contributed by atoms with van der Waals surface area (Å²) in [6.07, 6.45) is 9.81. The van der Waals surface area contributed by atoms with Gasteiger partial charge >= 0.3 is 0 Å². The van der Waals surface area contributed by atoms with Gasteiger partial charge in [-0.2, -0.15) is 0 Å². The molecule has 0 aromatic carbocycles. The highest BCUT2D eigenvalue weighted by atomic mass is 14.9. The van der Waals surface area contributed by atoms with Crippen molar-refractivity contribution < 1.29 is 0 Å². The zero-order valence-corrected chi connectivity index (χ0v) is 12.8. The fourth-order valence-electron chi connectivity index (χ4n) is 3.10. The van der Waals surface area contributed by atoms with Crippen LogP contribution in [0.3, 0.4) is 0 Å². The Kier molecular flexibility index (Phi) is 7.65. The molecule has 1 aliphatic carbocycles. The summed E-state index contributed by atoms with van der Waals surface area (Å²) in [5, 5.41) is 3.68. The number of rotatable bonds is 7. The van der Waals surface area contributed by atoms with Gasteiger partial charge in [0.25, 0.3) is 0 Å². The van der Waals surface area contributed by atoms with Crippen molar-refractivity contribution in [1.82, 2.24) is 5.32 Å². The largest absolute Gasteiger partial charge is 0.316 e. The van der Waals surface area contributed by atoms with E-state index in [1.807, 2.05) is 0 Å². The highest BCUT2D eigenvalue weighted by Gasteiger charge is 2.22. The molecule has 0 bridgehead atoms. The summed E-state index contributed by atoms with van der Waals surface area (Å²) in [6, 6.07) is 0. The minimum Gasteiger partial charge on any atom is -0.316 e. The van der Waals surface area contributed by atoms with E-state index in [0.29, 0.717) is 0 Å². The molecule has 1 N–H and O–H groups in total. The van der Waals surface area contributed by atoms with Crippen LogP contribution in [0.4, 0.5) is 0 Å². The molecule has 1 aliphatic rings. The summed E-state index contributed by atoms with van der Waals surface area (Å²) in [6.45, 7) is 13.2. The van der Waals surface area contributed by atoms with Crippen molar-refractivity contribution in [2.75, 3.05) is 13.1 Å². The third kappa shape index (κ3) is 6.58. The normalized spacial score (nSPS) is 25.1. The third-order valence-electron chi connectivity index (χ3n) is 4.22. The minimum atomic E-state index is 0.768. The van der Waals surface area contributed by atoms with E-state index >= 15 is 0 Å². The fourth-order valence-corrected chi connectivity index (χ4v) is 3.10. The van der Waals surface area contributed by atoms with E-state index in [4.69, 9.17) is 0 Å². The monoisotopic (exact) mass is 251 g/mol. The Bertz CT molecular complexity index is 232. The van der Waals surface area contributed by atoms with Crippen LogP contribution >= 0.6 is 0 Å². The van der Waals surface area contributed by atoms with Gasteiger partial charge in [-0.05, 0) is 57.0 Å². The average Bonchev–Trinajstić information content (AvgIpc) is 2.51. The molecule has 1 rings (SSSR count). The van der Waals surface area contributed by atoms with Crippen LogP contribution in [0.5, 0.6) is 0 Å². The lowest BCUT2D eigenvalue weighted by Crippen LogP contribution is -2.30. The zero-order valence-electron chi connectivity index (χ0n) is 12.8. The average molecular weight is 251 g/mol. The molecule has 0 radical (unpaired) electrons. The fraction of sp³-hybridized carbons (Fsp3) is 0.882. The first-order chi connectivity index (χ1) is 8.59. The van der Waals surface area contributed by atoms with Crippen LogP contribution in [0.2, 0.25) is 0 Å². The molecule has 106 valence electrons. The topological polar surface area (TPSA) is 12.0 Å². The standard InChI is InChI=1S/C17H33N/c1-14(2)10-11-16-8-6-5-7-9-17(16)13-18-12-15(3)4/h15-18H,1,5-13H2,2-4H3. The van der Waals surface area contributed by atoms with E-state index in [0.717, 1.165) is 17.8 Å². The molecular formula is C17H33N. The predicted octanol–water partition coefficient (Wildman–Crippen LogP) is 4.78. The van der Waals surface area contributed by atoms with Crippen molar-refractivity contribution >= 4 is 0 Å². The van der Waals surface area contributed by atoms with Crippen molar-refractivity contribution in [3.63, 3.8) is 0 Å². The van der Waals surface area contributed by atoms with E-state index in [1.54, 1.807) is 0 Å². The van der Waals surface area contributed by atoms with Crippen molar-refractivity contribution in [3.8, 4) is 0 Å². The molecule has 0 amide bonds. The smallest absolute Gasteiger partial charge is 0.00178 e. The van der Waals surface area contributed by atoms with Crippen molar-refractivity contribution in [2.45, 2.75) is 65.7 Å². The molecule has 2 atom stereocenters. The van der Waals surface area contributed by atoms with Crippen LogP contribution in [-0.4, -0.2) is 13.1 Å². The van der Waals surface area contributed by atoms with Gasteiger partial charge in [0.2, 0.25) is 0 Å². The van der Waals surface area contributed by atoms with Gasteiger partial charge in [-0.15, -0.1) is 6.58 Å². The quantitative estimate of drug-likeness (QED) is 0.507. The maximum atomic E-state index is 4.06. The van der Waals surface area contributed by atoms with Crippen LogP contribution in [0.1, 0.15) is 65.7 Å². The highest BCUT2D eigenvalue weighted by molar-refractivity contribution is 4.89. The summed E-state index contributed by atoms with van der Waals surface area (Å²) in [5.74, 6) is 2.61. The predicted molar refractivity (Wildman–Crippen MR) is 81.8 cm³/mol. The SMILES string of the molecule is C=C(C)CCC1CCCCCC1CNCC(C)C. The Labute approximate surface area is 114 Å². The second-order valence-corrected chi connectivity index (χ2v) is 6.71. The summed E-state index contributed by atoms with van der Waals surface area (Å²) in [4.78, 5) is 0. The van der Waals surface area contributed by atoms with Gasteiger partial charge in [0, 0.05) is 0 Å². The number of hydrogen-bond acceptors (Lipinski definition) is 1. The van der Waals surface area contributed by atoms with Gasteiger partial charge in [0.15, 0.2) is 0 Å². The first-order valence-corrected chi connectivity index (χ1v) is 7.94. The first-order valence-electron chi connectivity index (χ1n) is 7.94. The molecule has 0 saturated heterocycles. The van der Waals surface area contributed by atoms with E-state index in [1.165, 1.54) is 63.6 Å². The van der Waals surface area contributed by atoms with Gasteiger partial charge in [-0.3, -0.25) is 0 Å². The van der Waals surface area contributed by atoms with Crippen molar-refractivity contribution in [1.29, 1.82) is 0 Å². The zero-order chi connectivity index (χ0) is 13.4. The summed E-state index contributed by atoms with van der Waals surface area (Å²) in [5.41, 5.74) is 1.35. The second kappa shape index (κ2) is 8.74. The summed E-state index contributed by atoms with van der Waals surface area (Å²) in [7, 11) is 0. The molecule has 2 unspecified atom stereocenters. The van der Waals surface area contributed by atoms with Crippen LogP contribution in [-0.2, 0) is 0 Å². The Balaban J connectivity index is 2.38. The van der Waals surface area contributed by atoms with Crippen molar-refractivity contribution in [3.05, 3.63) is 12.2 Å². The molecule has 1 heteroatoms. The van der Waals surface area contributed by atoms with Gasteiger partial charge in [0.1, 0.15) is 0 Å². The number of allylic oxidation sites excluding steroid dienone is 1. The van der Waals surface area contributed by atoms with Crippen LogP contribution in [0, 0.1) is 17.8 Å².